The molecule has 1 heterocycles. The van der Waals surface area contributed by atoms with E-state index in [0.717, 1.165) is 17.7 Å². The molecule has 1 aliphatic rings. The van der Waals surface area contributed by atoms with Crippen molar-refractivity contribution in [3.63, 3.8) is 0 Å². The average molecular weight is 403 g/mol. The summed E-state index contributed by atoms with van der Waals surface area (Å²) in [4.78, 5) is 24.0. The number of halogens is 1. The second kappa shape index (κ2) is 9.73. The largest absolute Gasteiger partial charge is 0.349 e. The molecule has 1 fully saturated rings. The Kier molecular flexibility index (Phi) is 7.09. The normalized spacial score (nSPS) is 15.8. The van der Waals surface area contributed by atoms with Gasteiger partial charge in [-0.1, -0.05) is 55.8 Å². The highest BCUT2D eigenvalue weighted by atomic mass is 35.5. The van der Waals surface area contributed by atoms with Gasteiger partial charge in [0, 0.05) is 23.7 Å². The molecule has 1 atom stereocenters. The van der Waals surface area contributed by atoms with Gasteiger partial charge in [0.05, 0.1) is 12.5 Å². The van der Waals surface area contributed by atoms with E-state index in [4.69, 9.17) is 11.6 Å². The van der Waals surface area contributed by atoms with Gasteiger partial charge < -0.3 is 10.6 Å². The number of hydrogen-bond donors (Lipinski definition) is 3. The van der Waals surface area contributed by atoms with Crippen molar-refractivity contribution in [1.82, 2.24) is 15.5 Å². The van der Waals surface area contributed by atoms with Crippen LogP contribution in [0.3, 0.4) is 0 Å². The molecule has 150 valence electrons. The molecule has 0 aliphatic heterocycles. The molecule has 1 unspecified atom stereocenters. The molecular weight excluding hydrogens is 376 g/mol. The van der Waals surface area contributed by atoms with Gasteiger partial charge in [0.2, 0.25) is 11.8 Å². The van der Waals surface area contributed by atoms with E-state index in [1.807, 2.05) is 18.2 Å². The minimum atomic E-state index is -0.421. The number of aromatic amines is 1. The van der Waals surface area contributed by atoms with Crippen LogP contribution >= 0.6 is 11.6 Å². The fourth-order valence-electron chi connectivity index (χ4n) is 3.80. The number of amides is 2. The van der Waals surface area contributed by atoms with E-state index in [9.17, 15) is 9.59 Å². The molecule has 1 aromatic heterocycles. The predicted octanol–water partition coefficient (Wildman–Crippen LogP) is 4.39. The van der Waals surface area contributed by atoms with Crippen molar-refractivity contribution in [3.05, 3.63) is 46.6 Å². The van der Waals surface area contributed by atoms with Crippen molar-refractivity contribution in [2.75, 3.05) is 5.32 Å². The fraction of sp³-hybridized carbons (Fsp3) is 0.476. The summed E-state index contributed by atoms with van der Waals surface area (Å²) in [5.41, 5.74) is 1.88. The highest BCUT2D eigenvalue weighted by Crippen LogP contribution is 2.27. The van der Waals surface area contributed by atoms with Crippen LogP contribution in [0.2, 0.25) is 5.02 Å². The second-order valence-electron chi connectivity index (χ2n) is 7.54. The first kappa shape index (κ1) is 20.4. The van der Waals surface area contributed by atoms with E-state index in [0.29, 0.717) is 16.8 Å². The van der Waals surface area contributed by atoms with Crippen LogP contribution in [0.15, 0.2) is 30.3 Å². The molecule has 0 spiro atoms. The molecule has 6 nitrogen and oxygen atoms in total. The number of hydrogen-bond acceptors (Lipinski definition) is 3. The molecule has 2 amide bonds. The Labute approximate surface area is 170 Å². The van der Waals surface area contributed by atoms with Crippen molar-refractivity contribution in [2.45, 2.75) is 57.9 Å². The standard InChI is InChI=1S/C21H27ClN4O2/c1-14(27)23-19(16-7-9-17(22)10-8-16)13-21(28)24-20-12-18(25-26-20)11-15-5-3-2-4-6-15/h7-10,12,15,19H,2-6,11,13H2,1H3,(H,23,27)(H2,24,25,26,28). The zero-order valence-electron chi connectivity index (χ0n) is 16.1. The van der Waals surface area contributed by atoms with Gasteiger partial charge in [0.1, 0.15) is 0 Å². The number of benzene rings is 1. The molecule has 0 radical (unpaired) electrons. The summed E-state index contributed by atoms with van der Waals surface area (Å²) in [5.74, 6) is 0.826. The van der Waals surface area contributed by atoms with Gasteiger partial charge in [0.25, 0.3) is 0 Å². The number of carbonyl (C=O) groups is 2. The number of anilines is 1. The maximum atomic E-state index is 12.5. The van der Waals surface area contributed by atoms with E-state index in [-0.39, 0.29) is 18.2 Å². The van der Waals surface area contributed by atoms with Crippen molar-refractivity contribution in [1.29, 1.82) is 0 Å². The molecule has 7 heteroatoms. The van der Waals surface area contributed by atoms with E-state index in [2.05, 4.69) is 20.8 Å². The Morgan fingerprint density at radius 1 is 1.21 bits per heavy atom. The second-order valence-corrected chi connectivity index (χ2v) is 7.98. The first-order valence-corrected chi connectivity index (χ1v) is 10.2. The van der Waals surface area contributed by atoms with Crippen LogP contribution in [0.4, 0.5) is 5.82 Å². The zero-order chi connectivity index (χ0) is 19.9. The van der Waals surface area contributed by atoms with Crippen LogP contribution in [0.25, 0.3) is 0 Å². The van der Waals surface area contributed by atoms with E-state index < -0.39 is 6.04 Å². The maximum absolute atomic E-state index is 12.5. The van der Waals surface area contributed by atoms with Crippen LogP contribution in [0.1, 0.15) is 62.7 Å². The van der Waals surface area contributed by atoms with Crippen LogP contribution in [0.5, 0.6) is 0 Å². The number of nitrogens with zero attached hydrogens (tertiary/aromatic N) is 1. The monoisotopic (exact) mass is 402 g/mol. The minimum absolute atomic E-state index is 0.117. The molecule has 3 N–H and O–H groups in total. The lowest BCUT2D eigenvalue weighted by Gasteiger charge is -2.20. The van der Waals surface area contributed by atoms with Crippen molar-refractivity contribution >= 4 is 29.2 Å². The number of rotatable bonds is 7. The molecule has 2 aromatic rings. The summed E-state index contributed by atoms with van der Waals surface area (Å²) in [7, 11) is 0. The lowest BCUT2D eigenvalue weighted by molar-refractivity contribution is -0.120. The Morgan fingerprint density at radius 3 is 2.61 bits per heavy atom. The minimum Gasteiger partial charge on any atom is -0.349 e. The van der Waals surface area contributed by atoms with Gasteiger partial charge in [-0.2, -0.15) is 5.10 Å². The number of carbonyl (C=O) groups excluding carboxylic acids is 2. The van der Waals surface area contributed by atoms with Crippen LogP contribution in [0, 0.1) is 5.92 Å². The van der Waals surface area contributed by atoms with Crippen molar-refractivity contribution in [2.24, 2.45) is 5.92 Å². The zero-order valence-corrected chi connectivity index (χ0v) is 16.9. The maximum Gasteiger partial charge on any atom is 0.227 e. The number of nitrogens with one attached hydrogen (secondary N) is 3. The number of aromatic nitrogens is 2. The van der Waals surface area contributed by atoms with E-state index in [1.54, 1.807) is 12.1 Å². The Hall–Kier alpha value is -2.34. The van der Waals surface area contributed by atoms with Gasteiger partial charge in [-0.15, -0.1) is 0 Å². The summed E-state index contributed by atoms with van der Waals surface area (Å²) < 4.78 is 0. The fourth-order valence-corrected chi connectivity index (χ4v) is 3.93. The third-order valence-corrected chi connectivity index (χ3v) is 5.42. The Morgan fingerprint density at radius 2 is 1.93 bits per heavy atom. The summed E-state index contributed by atoms with van der Waals surface area (Å²) in [6.45, 7) is 1.44. The van der Waals surface area contributed by atoms with Crippen molar-refractivity contribution in [3.8, 4) is 0 Å². The molecule has 1 aromatic carbocycles. The van der Waals surface area contributed by atoms with Gasteiger partial charge in [-0.25, -0.2) is 0 Å². The van der Waals surface area contributed by atoms with Crippen LogP contribution in [-0.4, -0.2) is 22.0 Å². The smallest absolute Gasteiger partial charge is 0.227 e. The third kappa shape index (κ3) is 6.09. The van der Waals surface area contributed by atoms with Gasteiger partial charge in [0.15, 0.2) is 5.82 Å². The summed E-state index contributed by atoms with van der Waals surface area (Å²) >= 11 is 5.93. The van der Waals surface area contributed by atoms with Crippen molar-refractivity contribution < 1.29 is 9.59 Å². The predicted molar refractivity (Wildman–Crippen MR) is 110 cm³/mol. The first-order chi connectivity index (χ1) is 13.5. The van der Waals surface area contributed by atoms with Crippen LogP contribution in [-0.2, 0) is 16.0 Å². The summed E-state index contributed by atoms with van der Waals surface area (Å²) in [6.07, 6.45) is 7.56. The van der Waals surface area contributed by atoms with Gasteiger partial charge in [-0.3, -0.25) is 14.7 Å². The summed E-state index contributed by atoms with van der Waals surface area (Å²) in [5, 5.41) is 13.5. The average Bonchev–Trinajstić information content (AvgIpc) is 3.09. The molecule has 1 saturated carbocycles. The lowest BCUT2D eigenvalue weighted by atomic mass is 9.86. The Bertz CT molecular complexity index is 797. The van der Waals surface area contributed by atoms with Gasteiger partial charge in [-0.05, 0) is 30.0 Å². The quantitative estimate of drug-likeness (QED) is 0.641. The molecule has 1 aliphatic carbocycles. The summed E-state index contributed by atoms with van der Waals surface area (Å²) in [6, 6.07) is 8.60. The highest BCUT2D eigenvalue weighted by Gasteiger charge is 2.19. The molecule has 0 bridgehead atoms. The molecular formula is C21H27ClN4O2. The van der Waals surface area contributed by atoms with Gasteiger partial charge >= 0.3 is 0 Å². The molecule has 0 saturated heterocycles. The number of H-pyrrole nitrogens is 1. The van der Waals surface area contributed by atoms with Crippen LogP contribution < -0.4 is 10.6 Å². The lowest BCUT2D eigenvalue weighted by Crippen LogP contribution is -2.29. The van der Waals surface area contributed by atoms with E-state index >= 15 is 0 Å². The third-order valence-electron chi connectivity index (χ3n) is 5.17. The SMILES string of the molecule is CC(=O)NC(CC(=O)Nc1cc(CC2CCCCC2)[nH]n1)c1ccc(Cl)cc1. The highest BCUT2D eigenvalue weighted by molar-refractivity contribution is 6.30. The first-order valence-electron chi connectivity index (χ1n) is 9.86. The topological polar surface area (TPSA) is 86.9 Å². The molecule has 28 heavy (non-hydrogen) atoms. The molecule has 3 rings (SSSR count). The van der Waals surface area contributed by atoms with E-state index in [1.165, 1.54) is 39.0 Å². The Balaban J connectivity index is 1.58.